The van der Waals surface area contributed by atoms with Crippen LogP contribution in [0.5, 0.6) is 0 Å². The Balaban J connectivity index is 2.15. The van der Waals surface area contributed by atoms with E-state index >= 15 is 0 Å². The minimum absolute atomic E-state index is 0.107. The van der Waals surface area contributed by atoms with Gasteiger partial charge in [-0.05, 0) is 42.9 Å². The quantitative estimate of drug-likeness (QED) is 0.901. The lowest BCUT2D eigenvalue weighted by Gasteiger charge is -2.26. The van der Waals surface area contributed by atoms with Crippen molar-refractivity contribution in [3.05, 3.63) is 29.6 Å². The highest BCUT2D eigenvalue weighted by Gasteiger charge is 2.35. The van der Waals surface area contributed by atoms with E-state index in [0.717, 1.165) is 24.0 Å². The standard InChI is InChI=1S/C13H18FNO3S2/c1-10-7-11(14)3-4-12(10)20(16,17)15-8-13(18-2)5-6-19-9-13/h3-4,7,15H,5-6,8-9H2,1-2H3. The predicted octanol–water partition coefficient (Wildman–Crippen LogP) is 1.93. The molecule has 20 heavy (non-hydrogen) atoms. The number of methoxy groups -OCH3 is 1. The maximum absolute atomic E-state index is 13.0. The minimum Gasteiger partial charge on any atom is -0.376 e. The highest BCUT2D eigenvalue weighted by Crippen LogP contribution is 2.30. The van der Waals surface area contributed by atoms with E-state index in [0.29, 0.717) is 5.56 Å². The number of rotatable bonds is 5. The second-order valence-electron chi connectivity index (χ2n) is 4.92. The van der Waals surface area contributed by atoms with E-state index in [4.69, 9.17) is 4.74 Å². The molecule has 1 atom stereocenters. The van der Waals surface area contributed by atoms with Gasteiger partial charge in [-0.3, -0.25) is 0 Å². The topological polar surface area (TPSA) is 55.4 Å². The van der Waals surface area contributed by atoms with Crippen LogP contribution in [0.25, 0.3) is 0 Å². The first-order chi connectivity index (χ1) is 9.38. The summed E-state index contributed by atoms with van der Waals surface area (Å²) in [7, 11) is -2.05. The zero-order valence-electron chi connectivity index (χ0n) is 11.5. The zero-order chi connectivity index (χ0) is 14.8. The van der Waals surface area contributed by atoms with Crippen LogP contribution in [0.4, 0.5) is 4.39 Å². The summed E-state index contributed by atoms with van der Waals surface area (Å²) in [5.74, 6) is 1.29. The summed E-state index contributed by atoms with van der Waals surface area (Å²) in [4.78, 5) is 0.107. The number of aryl methyl sites for hydroxylation is 1. The van der Waals surface area contributed by atoms with Gasteiger partial charge in [-0.25, -0.2) is 17.5 Å². The summed E-state index contributed by atoms with van der Waals surface area (Å²) >= 11 is 1.75. The molecule has 1 unspecified atom stereocenters. The average Bonchev–Trinajstić information content (AvgIpc) is 2.85. The second-order valence-corrected chi connectivity index (χ2v) is 7.76. The molecular weight excluding hydrogens is 301 g/mol. The molecule has 4 nitrogen and oxygen atoms in total. The summed E-state index contributed by atoms with van der Waals surface area (Å²) in [5.41, 5.74) is -0.0455. The van der Waals surface area contributed by atoms with E-state index in [1.54, 1.807) is 25.8 Å². The van der Waals surface area contributed by atoms with Gasteiger partial charge in [0.2, 0.25) is 10.0 Å². The van der Waals surface area contributed by atoms with E-state index in [2.05, 4.69) is 4.72 Å². The Bertz CT molecular complexity index is 583. The van der Waals surface area contributed by atoms with Crippen LogP contribution in [0.1, 0.15) is 12.0 Å². The Hall–Kier alpha value is -0.630. The number of sulfonamides is 1. The van der Waals surface area contributed by atoms with E-state index in [-0.39, 0.29) is 11.4 Å². The molecule has 0 bridgehead atoms. The van der Waals surface area contributed by atoms with Gasteiger partial charge in [0, 0.05) is 19.4 Å². The molecule has 0 saturated carbocycles. The minimum atomic E-state index is -3.65. The van der Waals surface area contributed by atoms with Crippen LogP contribution in [0, 0.1) is 12.7 Å². The van der Waals surface area contributed by atoms with Crippen molar-refractivity contribution >= 4 is 21.8 Å². The van der Waals surface area contributed by atoms with Gasteiger partial charge in [0.15, 0.2) is 0 Å². The van der Waals surface area contributed by atoms with Gasteiger partial charge in [0.25, 0.3) is 0 Å². The van der Waals surface area contributed by atoms with Crippen LogP contribution in [0.2, 0.25) is 0 Å². The third-order valence-electron chi connectivity index (χ3n) is 3.51. The van der Waals surface area contributed by atoms with Crippen molar-refractivity contribution in [2.75, 3.05) is 25.2 Å². The van der Waals surface area contributed by atoms with Crippen molar-refractivity contribution in [1.82, 2.24) is 4.72 Å². The van der Waals surface area contributed by atoms with Crippen molar-refractivity contribution in [3.63, 3.8) is 0 Å². The first-order valence-electron chi connectivity index (χ1n) is 6.27. The van der Waals surface area contributed by atoms with Crippen molar-refractivity contribution in [2.45, 2.75) is 23.8 Å². The highest BCUT2D eigenvalue weighted by atomic mass is 32.2. The third-order valence-corrected chi connectivity index (χ3v) is 6.30. The molecule has 0 radical (unpaired) electrons. The van der Waals surface area contributed by atoms with Crippen molar-refractivity contribution < 1.29 is 17.5 Å². The predicted molar refractivity (Wildman–Crippen MR) is 78.0 cm³/mol. The Morgan fingerprint density at radius 2 is 2.25 bits per heavy atom. The molecule has 1 heterocycles. The van der Waals surface area contributed by atoms with Gasteiger partial charge in [-0.1, -0.05) is 0 Å². The second kappa shape index (κ2) is 6.01. The summed E-state index contributed by atoms with van der Waals surface area (Å²) in [5, 5.41) is 0. The van der Waals surface area contributed by atoms with Gasteiger partial charge >= 0.3 is 0 Å². The maximum Gasteiger partial charge on any atom is 0.240 e. The molecule has 1 aliphatic rings. The number of benzene rings is 1. The molecule has 1 aliphatic heterocycles. The largest absolute Gasteiger partial charge is 0.376 e. The van der Waals surface area contributed by atoms with E-state index in [1.165, 1.54) is 12.1 Å². The fourth-order valence-electron chi connectivity index (χ4n) is 2.18. The van der Waals surface area contributed by atoms with Crippen LogP contribution < -0.4 is 4.72 Å². The Labute approximate surface area is 123 Å². The Morgan fingerprint density at radius 1 is 1.50 bits per heavy atom. The molecule has 0 aliphatic carbocycles. The summed E-state index contributed by atoms with van der Waals surface area (Å²) in [6.45, 7) is 1.81. The van der Waals surface area contributed by atoms with Gasteiger partial charge in [-0.15, -0.1) is 0 Å². The van der Waals surface area contributed by atoms with Crippen LogP contribution in [0.3, 0.4) is 0 Å². The van der Waals surface area contributed by atoms with Gasteiger partial charge in [-0.2, -0.15) is 11.8 Å². The number of ether oxygens (including phenoxy) is 1. The average molecular weight is 319 g/mol. The van der Waals surface area contributed by atoms with Crippen LogP contribution in [-0.2, 0) is 14.8 Å². The molecule has 1 saturated heterocycles. The van der Waals surface area contributed by atoms with Crippen LogP contribution in [0.15, 0.2) is 23.1 Å². The maximum atomic E-state index is 13.0. The molecule has 1 aromatic carbocycles. The molecule has 1 fully saturated rings. The Kier molecular flexibility index (Phi) is 4.73. The van der Waals surface area contributed by atoms with Crippen molar-refractivity contribution in [2.24, 2.45) is 0 Å². The molecule has 1 N–H and O–H groups in total. The van der Waals surface area contributed by atoms with Gasteiger partial charge < -0.3 is 4.74 Å². The monoisotopic (exact) mass is 319 g/mol. The fourth-order valence-corrected chi connectivity index (χ4v) is 4.92. The zero-order valence-corrected chi connectivity index (χ0v) is 13.1. The lowest BCUT2D eigenvalue weighted by atomic mass is 10.0. The summed E-state index contributed by atoms with van der Waals surface area (Å²) in [6, 6.07) is 3.65. The number of hydrogen-bond donors (Lipinski definition) is 1. The normalized spacial score (nSPS) is 23.1. The van der Waals surface area contributed by atoms with Crippen LogP contribution in [-0.4, -0.2) is 39.2 Å². The van der Waals surface area contributed by atoms with Gasteiger partial charge in [0.1, 0.15) is 5.82 Å². The molecule has 0 aromatic heterocycles. The van der Waals surface area contributed by atoms with Gasteiger partial charge in [0.05, 0.1) is 10.5 Å². The number of nitrogens with one attached hydrogen (secondary N) is 1. The third kappa shape index (κ3) is 3.33. The number of hydrogen-bond acceptors (Lipinski definition) is 4. The first kappa shape index (κ1) is 15.8. The van der Waals surface area contributed by atoms with Crippen molar-refractivity contribution in [3.8, 4) is 0 Å². The lowest BCUT2D eigenvalue weighted by molar-refractivity contribution is 0.0179. The van der Waals surface area contributed by atoms with E-state index < -0.39 is 21.4 Å². The van der Waals surface area contributed by atoms with E-state index in [9.17, 15) is 12.8 Å². The van der Waals surface area contributed by atoms with E-state index in [1.807, 2.05) is 0 Å². The highest BCUT2D eigenvalue weighted by molar-refractivity contribution is 7.99. The first-order valence-corrected chi connectivity index (χ1v) is 8.91. The molecule has 0 spiro atoms. The molecular formula is C13H18FNO3S2. The number of halogens is 1. The van der Waals surface area contributed by atoms with Crippen LogP contribution >= 0.6 is 11.8 Å². The Morgan fingerprint density at radius 3 is 2.80 bits per heavy atom. The SMILES string of the molecule is COC1(CNS(=O)(=O)c2ccc(F)cc2C)CCSC1. The number of thioether (sulfide) groups is 1. The molecule has 1 aromatic rings. The molecule has 2 rings (SSSR count). The molecule has 7 heteroatoms. The smallest absolute Gasteiger partial charge is 0.240 e. The lowest BCUT2D eigenvalue weighted by Crippen LogP contribution is -2.44. The summed E-state index contributed by atoms with van der Waals surface area (Å²) in [6.07, 6.45) is 0.819. The summed E-state index contributed by atoms with van der Waals surface area (Å²) < 4.78 is 45.7. The molecule has 112 valence electrons. The molecule has 0 amide bonds. The fraction of sp³-hybridized carbons (Fsp3) is 0.538. The van der Waals surface area contributed by atoms with Crippen molar-refractivity contribution in [1.29, 1.82) is 0 Å².